The van der Waals surface area contributed by atoms with Gasteiger partial charge in [-0.2, -0.15) is 5.26 Å². The van der Waals surface area contributed by atoms with Gasteiger partial charge in [0.15, 0.2) is 5.82 Å². The molecular formula is C14H13FN4. The zero-order valence-electron chi connectivity index (χ0n) is 10.7. The first-order valence-electron chi connectivity index (χ1n) is 5.71. The number of nitrogens with one attached hydrogen (secondary N) is 1. The molecule has 1 aromatic heterocycles. The zero-order chi connectivity index (χ0) is 13.8. The summed E-state index contributed by atoms with van der Waals surface area (Å²) >= 11 is 0. The summed E-state index contributed by atoms with van der Waals surface area (Å²) < 4.78 is 13.6. The van der Waals surface area contributed by atoms with Crippen molar-refractivity contribution in [2.24, 2.45) is 0 Å². The molecule has 0 fully saturated rings. The fourth-order valence-electron chi connectivity index (χ4n) is 1.72. The molecule has 0 saturated heterocycles. The molecule has 0 saturated carbocycles. The van der Waals surface area contributed by atoms with Crippen LogP contribution in [0.5, 0.6) is 0 Å². The van der Waals surface area contributed by atoms with Crippen molar-refractivity contribution in [2.45, 2.75) is 0 Å². The number of anilines is 3. The third-order valence-corrected chi connectivity index (χ3v) is 2.65. The predicted octanol–water partition coefficient (Wildman–Crippen LogP) is 2.90. The van der Waals surface area contributed by atoms with E-state index in [4.69, 9.17) is 0 Å². The van der Waals surface area contributed by atoms with Crippen molar-refractivity contribution in [1.29, 1.82) is 5.26 Å². The molecule has 1 N–H and O–H groups in total. The topological polar surface area (TPSA) is 52.0 Å². The van der Waals surface area contributed by atoms with Gasteiger partial charge in [-0.15, -0.1) is 0 Å². The Balaban J connectivity index is 2.44. The van der Waals surface area contributed by atoms with Crippen LogP contribution in [-0.2, 0) is 0 Å². The Morgan fingerprint density at radius 1 is 1.26 bits per heavy atom. The van der Waals surface area contributed by atoms with E-state index in [1.807, 2.05) is 19.0 Å². The van der Waals surface area contributed by atoms with Crippen LogP contribution in [0.3, 0.4) is 0 Å². The van der Waals surface area contributed by atoms with Crippen molar-refractivity contribution in [1.82, 2.24) is 4.98 Å². The zero-order valence-corrected chi connectivity index (χ0v) is 10.7. The first-order chi connectivity index (χ1) is 9.13. The van der Waals surface area contributed by atoms with E-state index < -0.39 is 0 Å². The first-order valence-corrected chi connectivity index (χ1v) is 5.71. The lowest BCUT2D eigenvalue weighted by Gasteiger charge is -2.16. The Morgan fingerprint density at radius 3 is 2.63 bits per heavy atom. The van der Waals surface area contributed by atoms with Crippen molar-refractivity contribution < 1.29 is 4.39 Å². The number of nitriles is 1. The van der Waals surface area contributed by atoms with E-state index in [1.54, 1.807) is 30.5 Å². The second-order valence-electron chi connectivity index (χ2n) is 4.16. The van der Waals surface area contributed by atoms with E-state index in [1.165, 1.54) is 6.07 Å². The number of aromatic nitrogens is 1. The maximum atomic E-state index is 13.6. The Bertz CT molecular complexity index is 632. The molecule has 2 aromatic rings. The summed E-state index contributed by atoms with van der Waals surface area (Å²) in [6.07, 6.45) is 1.58. The molecule has 0 amide bonds. The van der Waals surface area contributed by atoms with Crippen molar-refractivity contribution in [3.8, 4) is 6.07 Å². The highest BCUT2D eigenvalue weighted by Crippen LogP contribution is 2.26. The summed E-state index contributed by atoms with van der Waals surface area (Å²) in [6.45, 7) is 0. The molecule has 2 rings (SSSR count). The molecule has 0 unspecified atom stereocenters. The number of nitrogens with zero attached hydrogens (tertiary/aromatic N) is 3. The maximum absolute atomic E-state index is 13.6. The lowest BCUT2D eigenvalue weighted by atomic mass is 10.2. The Labute approximate surface area is 111 Å². The highest BCUT2D eigenvalue weighted by Gasteiger charge is 2.12. The van der Waals surface area contributed by atoms with Gasteiger partial charge < -0.3 is 10.2 Å². The molecule has 19 heavy (non-hydrogen) atoms. The standard InChI is InChI=1S/C14H13FN4/c1-19(2)13-7-8-17-14(10(13)9-16)18-12-6-4-3-5-11(12)15/h3-8H,1-2H3,(H,17,18). The lowest BCUT2D eigenvalue weighted by molar-refractivity contribution is 0.632. The SMILES string of the molecule is CN(C)c1ccnc(Nc2ccccc2F)c1C#N. The molecule has 0 spiro atoms. The largest absolute Gasteiger partial charge is 0.376 e. The molecule has 0 aliphatic heterocycles. The molecule has 0 aliphatic rings. The molecule has 96 valence electrons. The minimum Gasteiger partial charge on any atom is -0.376 e. The van der Waals surface area contributed by atoms with Gasteiger partial charge in [-0.3, -0.25) is 0 Å². The van der Waals surface area contributed by atoms with E-state index in [9.17, 15) is 9.65 Å². The van der Waals surface area contributed by atoms with E-state index in [-0.39, 0.29) is 5.82 Å². The first kappa shape index (κ1) is 12.8. The van der Waals surface area contributed by atoms with Crippen LogP contribution in [0.1, 0.15) is 5.56 Å². The third kappa shape index (κ3) is 2.63. The van der Waals surface area contributed by atoms with Crippen LogP contribution in [0.25, 0.3) is 0 Å². The number of pyridine rings is 1. The van der Waals surface area contributed by atoms with Crippen molar-refractivity contribution >= 4 is 17.2 Å². The molecular weight excluding hydrogens is 243 g/mol. The lowest BCUT2D eigenvalue weighted by Crippen LogP contribution is -2.12. The van der Waals surface area contributed by atoms with Gasteiger partial charge in [0.1, 0.15) is 17.4 Å². The average Bonchev–Trinajstić information content (AvgIpc) is 2.41. The molecule has 0 radical (unpaired) electrons. The predicted molar refractivity (Wildman–Crippen MR) is 73.0 cm³/mol. The van der Waals surface area contributed by atoms with E-state index >= 15 is 0 Å². The minimum atomic E-state index is -0.386. The fraction of sp³-hybridized carbons (Fsp3) is 0.143. The molecule has 1 aromatic carbocycles. The summed E-state index contributed by atoms with van der Waals surface area (Å²) in [5.41, 5.74) is 1.41. The number of halogens is 1. The Kier molecular flexibility index (Phi) is 3.62. The van der Waals surface area contributed by atoms with Crippen LogP contribution in [0.4, 0.5) is 21.6 Å². The molecule has 0 aliphatic carbocycles. The summed E-state index contributed by atoms with van der Waals surface area (Å²) in [5.74, 6) is -0.0396. The van der Waals surface area contributed by atoms with Crippen LogP contribution >= 0.6 is 0 Å². The van der Waals surface area contributed by atoms with Gasteiger partial charge in [-0.05, 0) is 18.2 Å². The van der Waals surface area contributed by atoms with Crippen LogP contribution < -0.4 is 10.2 Å². The van der Waals surface area contributed by atoms with Gasteiger partial charge in [-0.25, -0.2) is 9.37 Å². The Hall–Kier alpha value is -2.61. The van der Waals surface area contributed by atoms with Crippen LogP contribution in [0.2, 0.25) is 0 Å². The summed E-state index contributed by atoms with van der Waals surface area (Å²) in [6, 6.07) is 10.1. The van der Waals surface area contributed by atoms with Crippen molar-refractivity contribution in [3.05, 3.63) is 47.9 Å². The molecule has 0 atom stereocenters. The van der Waals surface area contributed by atoms with Gasteiger partial charge in [0.2, 0.25) is 0 Å². The van der Waals surface area contributed by atoms with E-state index in [0.29, 0.717) is 17.1 Å². The fourth-order valence-corrected chi connectivity index (χ4v) is 1.72. The minimum absolute atomic E-state index is 0.294. The smallest absolute Gasteiger partial charge is 0.150 e. The van der Waals surface area contributed by atoms with Gasteiger partial charge in [0, 0.05) is 20.3 Å². The molecule has 4 nitrogen and oxygen atoms in total. The quantitative estimate of drug-likeness (QED) is 0.917. The van der Waals surface area contributed by atoms with E-state index in [2.05, 4.69) is 16.4 Å². The van der Waals surface area contributed by atoms with Crippen LogP contribution in [-0.4, -0.2) is 19.1 Å². The number of benzene rings is 1. The van der Waals surface area contributed by atoms with Gasteiger partial charge >= 0.3 is 0 Å². The molecule has 1 heterocycles. The maximum Gasteiger partial charge on any atom is 0.150 e. The van der Waals surface area contributed by atoms with Crippen LogP contribution in [0.15, 0.2) is 36.5 Å². The second-order valence-corrected chi connectivity index (χ2v) is 4.16. The second kappa shape index (κ2) is 5.36. The average molecular weight is 256 g/mol. The van der Waals surface area contributed by atoms with Gasteiger partial charge in [0.25, 0.3) is 0 Å². The monoisotopic (exact) mass is 256 g/mol. The van der Waals surface area contributed by atoms with Crippen molar-refractivity contribution in [2.75, 3.05) is 24.3 Å². The highest BCUT2D eigenvalue weighted by molar-refractivity contribution is 5.72. The summed E-state index contributed by atoms with van der Waals surface area (Å²) in [4.78, 5) is 5.91. The number of rotatable bonds is 3. The van der Waals surface area contributed by atoms with Crippen molar-refractivity contribution in [3.63, 3.8) is 0 Å². The highest BCUT2D eigenvalue weighted by atomic mass is 19.1. The third-order valence-electron chi connectivity index (χ3n) is 2.65. The van der Waals surface area contributed by atoms with Gasteiger partial charge in [0.05, 0.1) is 11.4 Å². The van der Waals surface area contributed by atoms with Gasteiger partial charge in [-0.1, -0.05) is 12.1 Å². The number of para-hydroxylation sites is 1. The van der Waals surface area contributed by atoms with Crippen LogP contribution in [0, 0.1) is 17.1 Å². The number of hydrogen-bond donors (Lipinski definition) is 1. The molecule has 5 heteroatoms. The Morgan fingerprint density at radius 2 is 2.00 bits per heavy atom. The summed E-state index contributed by atoms with van der Waals surface area (Å²) in [7, 11) is 3.67. The normalized spacial score (nSPS) is 9.79. The molecule has 0 bridgehead atoms. The number of hydrogen-bond acceptors (Lipinski definition) is 4. The summed E-state index contributed by atoms with van der Waals surface area (Å²) in [5, 5.41) is 12.1. The van der Waals surface area contributed by atoms with E-state index in [0.717, 1.165) is 5.69 Å².